The summed E-state index contributed by atoms with van der Waals surface area (Å²) >= 11 is 11.4. The minimum Gasteiger partial charge on any atom is -0.785 e. The second-order valence-corrected chi connectivity index (χ2v) is 9.17. The van der Waals surface area contributed by atoms with Crippen molar-refractivity contribution in [2.45, 2.75) is 25.8 Å². The first-order valence-electron chi connectivity index (χ1n) is 11.8. The maximum atomic E-state index is 10.6. The Morgan fingerprint density at radius 1 is 0.947 bits per heavy atom. The zero-order chi connectivity index (χ0) is 26.8. The Morgan fingerprint density at radius 3 is 2.16 bits per heavy atom. The Hall–Kier alpha value is -1.34. The van der Waals surface area contributed by atoms with E-state index in [9.17, 15) is 5.21 Å². The van der Waals surface area contributed by atoms with E-state index in [1.54, 1.807) is 45.7 Å². The van der Waals surface area contributed by atoms with Crippen molar-refractivity contribution >= 4 is 40.7 Å². The van der Waals surface area contributed by atoms with Gasteiger partial charge in [0.15, 0.2) is 11.5 Å². The topological polar surface area (TPSA) is 95.0 Å². The third kappa shape index (κ3) is 9.69. The second kappa shape index (κ2) is 16.7. The molecule has 0 unspecified atom stereocenters. The van der Waals surface area contributed by atoms with Gasteiger partial charge in [-0.05, 0) is 50.1 Å². The van der Waals surface area contributed by atoms with Gasteiger partial charge in [0.05, 0.1) is 31.4 Å². The van der Waals surface area contributed by atoms with Crippen molar-refractivity contribution in [2.24, 2.45) is 0 Å². The van der Waals surface area contributed by atoms with Crippen LogP contribution in [0.4, 0.5) is 17.5 Å². The number of ether oxygens (including phenoxy) is 3. The van der Waals surface area contributed by atoms with Crippen LogP contribution in [0.15, 0.2) is 42.6 Å². The van der Waals surface area contributed by atoms with Gasteiger partial charge in [-0.25, -0.2) is 4.98 Å². The summed E-state index contributed by atoms with van der Waals surface area (Å²) in [6.45, 7) is 2.41. The van der Waals surface area contributed by atoms with Gasteiger partial charge in [0, 0.05) is 43.7 Å². The van der Waals surface area contributed by atoms with Gasteiger partial charge in [0.1, 0.15) is 5.82 Å². The van der Waals surface area contributed by atoms with Crippen molar-refractivity contribution in [1.82, 2.24) is 15.0 Å². The average Bonchev–Trinajstić information content (AvgIpc) is 2.91. The zero-order valence-corrected chi connectivity index (χ0v) is 27.1. The summed E-state index contributed by atoms with van der Waals surface area (Å²) in [5, 5.41) is 15.7. The van der Waals surface area contributed by atoms with Gasteiger partial charge in [0.2, 0.25) is 11.7 Å². The number of hydrogen-bond acceptors (Lipinski definition) is 9. The Bertz CT molecular complexity index is 1140. The molecule has 0 saturated carbocycles. The number of aromatic nitrogens is 2. The third-order valence-corrected chi connectivity index (χ3v) is 6.37. The largest absolute Gasteiger partial charge is 1.00 e. The van der Waals surface area contributed by atoms with E-state index in [1.165, 1.54) is 26.3 Å². The predicted octanol–water partition coefficient (Wildman–Crippen LogP) is 3.16. The molecule has 0 atom stereocenters. The van der Waals surface area contributed by atoms with Crippen molar-refractivity contribution in [3.63, 3.8) is 0 Å². The predicted molar refractivity (Wildman–Crippen MR) is 149 cm³/mol. The number of hydrogen-bond donors (Lipinski definition) is 1. The molecule has 1 aliphatic rings. The number of rotatable bonds is 8. The van der Waals surface area contributed by atoms with Crippen LogP contribution in [0.3, 0.4) is 0 Å². The number of anilines is 3. The van der Waals surface area contributed by atoms with Crippen molar-refractivity contribution in [3.8, 4) is 17.2 Å². The van der Waals surface area contributed by atoms with Crippen LogP contribution in [0.1, 0.15) is 24.8 Å². The quantitative estimate of drug-likeness (QED) is 0.315. The van der Waals surface area contributed by atoms with E-state index in [4.69, 9.17) is 37.4 Å². The number of methoxy groups -OCH3 is 3. The fraction of sp³-hybridized carbons (Fsp3) is 0.385. The molecule has 0 bridgehead atoms. The van der Waals surface area contributed by atoms with E-state index in [0.717, 1.165) is 35.2 Å². The molecule has 1 N–H and O–H groups in total. The van der Waals surface area contributed by atoms with Crippen molar-refractivity contribution in [1.29, 1.82) is 0 Å². The first kappa shape index (κ1) is 32.9. The molecule has 200 valence electrons. The van der Waals surface area contributed by atoms with E-state index >= 15 is 0 Å². The monoisotopic (exact) mass is 587 g/mol. The van der Waals surface area contributed by atoms with Gasteiger partial charge >= 0.3 is 51.4 Å². The second-order valence-electron chi connectivity index (χ2n) is 8.36. The standard InChI is InChI=1S/C18H24N4O3.C8H8Cl2NO.K/c1-23-14-11-13(12-15(24-2)17(14)25-3)20-18-19-8-7-16(21-18)22-9-5-4-6-10-22;1-11(12)5-6-2-3-7(9)8(10)4-6;/h7-8,11-12H,4-6,9-10H2,1-3H3,(H,19,20,21);2-4H,5H2,1H3;/q;-1;+1. The number of benzene rings is 2. The maximum Gasteiger partial charge on any atom is 1.00 e. The van der Waals surface area contributed by atoms with E-state index < -0.39 is 0 Å². The Kier molecular flexibility index (Phi) is 14.4. The number of hydroxylamine groups is 2. The molecule has 0 radical (unpaired) electrons. The maximum absolute atomic E-state index is 10.6. The van der Waals surface area contributed by atoms with Crippen LogP contribution in [-0.2, 0) is 6.54 Å². The molecule has 12 heteroatoms. The van der Waals surface area contributed by atoms with Crippen LogP contribution in [0, 0.1) is 5.21 Å². The normalized spacial score (nSPS) is 12.7. The molecule has 1 aliphatic heterocycles. The number of halogens is 2. The van der Waals surface area contributed by atoms with E-state index in [1.807, 2.05) is 18.2 Å². The summed E-state index contributed by atoms with van der Waals surface area (Å²) in [6.07, 6.45) is 5.48. The van der Waals surface area contributed by atoms with Crippen LogP contribution in [-0.4, -0.2) is 56.5 Å². The molecule has 0 amide bonds. The van der Waals surface area contributed by atoms with Crippen molar-refractivity contribution in [2.75, 3.05) is 51.7 Å². The summed E-state index contributed by atoms with van der Waals surface area (Å²) < 4.78 is 16.1. The summed E-state index contributed by atoms with van der Waals surface area (Å²) in [5.74, 6) is 3.20. The minimum absolute atomic E-state index is 0. The summed E-state index contributed by atoms with van der Waals surface area (Å²) in [6, 6.07) is 10.8. The van der Waals surface area contributed by atoms with E-state index in [0.29, 0.717) is 39.8 Å². The number of piperidine rings is 1. The van der Waals surface area contributed by atoms with Gasteiger partial charge < -0.3 is 34.7 Å². The van der Waals surface area contributed by atoms with Crippen LogP contribution in [0.2, 0.25) is 10.0 Å². The van der Waals surface area contributed by atoms with Crippen LogP contribution < -0.4 is 75.8 Å². The van der Waals surface area contributed by atoms with Gasteiger partial charge in [-0.15, -0.1) is 0 Å². The molecule has 1 aromatic heterocycles. The molecule has 2 heterocycles. The molecule has 2 aromatic carbocycles. The molecule has 1 fully saturated rings. The van der Waals surface area contributed by atoms with Crippen LogP contribution in [0.5, 0.6) is 17.2 Å². The average molecular weight is 589 g/mol. The smallest absolute Gasteiger partial charge is 0.785 e. The minimum atomic E-state index is 0. The molecule has 3 aromatic rings. The zero-order valence-electron chi connectivity index (χ0n) is 22.5. The van der Waals surface area contributed by atoms with Crippen LogP contribution in [0.25, 0.3) is 0 Å². The first-order valence-corrected chi connectivity index (χ1v) is 12.6. The third-order valence-electron chi connectivity index (χ3n) is 5.63. The molecule has 4 rings (SSSR count). The number of nitrogens with zero attached hydrogens (tertiary/aromatic N) is 4. The SMILES string of the molecule is CN([O-])Cc1ccc(Cl)c(Cl)c1.COc1cc(Nc2nccc(N3CCCCC3)n2)cc(OC)c1OC.[K+]. The molecule has 38 heavy (non-hydrogen) atoms. The Labute approximate surface area is 276 Å². The van der Waals surface area contributed by atoms with Gasteiger partial charge in [-0.2, -0.15) is 4.98 Å². The van der Waals surface area contributed by atoms with Gasteiger partial charge in [-0.1, -0.05) is 29.3 Å². The molecule has 9 nitrogen and oxygen atoms in total. The molecule has 0 aliphatic carbocycles. The van der Waals surface area contributed by atoms with Crippen molar-refractivity contribution in [3.05, 3.63) is 63.4 Å². The van der Waals surface area contributed by atoms with Gasteiger partial charge in [0.25, 0.3) is 0 Å². The first-order chi connectivity index (χ1) is 17.8. The van der Waals surface area contributed by atoms with E-state index in [-0.39, 0.29) is 51.4 Å². The Morgan fingerprint density at radius 2 is 1.61 bits per heavy atom. The molecule has 1 saturated heterocycles. The summed E-state index contributed by atoms with van der Waals surface area (Å²) in [4.78, 5) is 11.3. The van der Waals surface area contributed by atoms with E-state index in [2.05, 4.69) is 20.2 Å². The summed E-state index contributed by atoms with van der Waals surface area (Å²) in [7, 11) is 6.23. The molecule has 0 spiro atoms. The fourth-order valence-electron chi connectivity index (χ4n) is 3.89. The van der Waals surface area contributed by atoms with Crippen molar-refractivity contribution < 1.29 is 65.6 Å². The fourth-order valence-corrected chi connectivity index (χ4v) is 4.21. The Balaban J connectivity index is 0.000000330. The number of nitrogens with one attached hydrogen (secondary N) is 1. The summed E-state index contributed by atoms with van der Waals surface area (Å²) in [5.41, 5.74) is 1.63. The van der Waals surface area contributed by atoms with Gasteiger partial charge in [-0.3, -0.25) is 0 Å². The molecular weight excluding hydrogens is 556 g/mol. The molecular formula is C26H32Cl2KN5O4. The van der Waals surface area contributed by atoms with Crippen LogP contribution >= 0.6 is 23.2 Å².